The van der Waals surface area contributed by atoms with Crippen molar-refractivity contribution in [2.45, 2.75) is 18.6 Å². The number of amides is 2. The largest absolute Gasteiger partial charge is 0.347 e. The number of hydrogen-bond donors (Lipinski definition) is 2. The van der Waals surface area contributed by atoms with Crippen LogP contribution in [0.15, 0.2) is 41.8 Å². The van der Waals surface area contributed by atoms with E-state index in [4.69, 9.17) is 0 Å². The Hall–Kier alpha value is -1.79. The Labute approximate surface area is 144 Å². The van der Waals surface area contributed by atoms with E-state index in [1.807, 2.05) is 55.0 Å². The Kier molecular flexibility index (Phi) is 6.67. The van der Waals surface area contributed by atoms with E-state index < -0.39 is 11.8 Å². The Morgan fingerprint density at radius 2 is 1.91 bits per heavy atom. The molecule has 0 aliphatic rings. The average Bonchev–Trinajstić information content (AvgIpc) is 3.09. The monoisotopic (exact) mass is 348 g/mol. The van der Waals surface area contributed by atoms with Crippen LogP contribution < -0.4 is 10.6 Å². The molecule has 23 heavy (non-hydrogen) atoms. The Morgan fingerprint density at radius 3 is 2.52 bits per heavy atom. The fourth-order valence-electron chi connectivity index (χ4n) is 2.04. The van der Waals surface area contributed by atoms with Crippen LogP contribution in [-0.4, -0.2) is 24.6 Å². The molecule has 1 atom stereocenters. The third-order valence-corrected chi connectivity index (χ3v) is 5.05. The molecule has 0 spiro atoms. The van der Waals surface area contributed by atoms with Crippen molar-refractivity contribution < 1.29 is 9.59 Å². The maximum atomic E-state index is 11.9. The van der Waals surface area contributed by atoms with Crippen molar-refractivity contribution in [3.05, 3.63) is 52.2 Å². The minimum absolute atomic E-state index is 0.192. The number of rotatable bonds is 6. The summed E-state index contributed by atoms with van der Waals surface area (Å²) < 4.78 is 0. The first-order valence-corrected chi connectivity index (χ1v) is 9.58. The van der Waals surface area contributed by atoms with Gasteiger partial charge in [0.1, 0.15) is 0 Å². The molecule has 0 saturated carbocycles. The summed E-state index contributed by atoms with van der Waals surface area (Å²) in [5.74, 6) is -0.129. The summed E-state index contributed by atoms with van der Waals surface area (Å²) >= 11 is 3.38. The van der Waals surface area contributed by atoms with Crippen molar-refractivity contribution in [1.82, 2.24) is 5.32 Å². The number of anilines is 1. The van der Waals surface area contributed by atoms with Gasteiger partial charge in [-0.2, -0.15) is 11.8 Å². The van der Waals surface area contributed by atoms with Gasteiger partial charge < -0.3 is 10.6 Å². The standard InChI is InChI=1S/C17H20N2O2S2/c1-12(15-4-3-9-23-15)10-18-16(20)17(21)19-14-7-5-13(6-8-14)11-22-2/h3-9,12H,10-11H2,1-2H3,(H,18,20)(H,19,21). The maximum absolute atomic E-state index is 11.9. The van der Waals surface area contributed by atoms with E-state index in [0.717, 1.165) is 5.75 Å². The highest BCUT2D eigenvalue weighted by atomic mass is 32.2. The van der Waals surface area contributed by atoms with E-state index in [0.29, 0.717) is 12.2 Å². The first-order chi connectivity index (χ1) is 11.1. The van der Waals surface area contributed by atoms with Crippen LogP contribution in [0.4, 0.5) is 5.69 Å². The zero-order valence-corrected chi connectivity index (χ0v) is 14.8. The van der Waals surface area contributed by atoms with E-state index in [-0.39, 0.29) is 5.92 Å². The Balaban J connectivity index is 1.81. The summed E-state index contributed by atoms with van der Waals surface area (Å²) in [6.45, 7) is 2.47. The van der Waals surface area contributed by atoms with E-state index in [1.54, 1.807) is 23.1 Å². The summed E-state index contributed by atoms with van der Waals surface area (Å²) in [5, 5.41) is 7.29. The summed E-state index contributed by atoms with van der Waals surface area (Å²) in [7, 11) is 0. The van der Waals surface area contributed by atoms with Gasteiger partial charge in [-0.1, -0.05) is 25.1 Å². The highest BCUT2D eigenvalue weighted by molar-refractivity contribution is 7.97. The fourth-order valence-corrected chi connectivity index (χ4v) is 3.35. The van der Waals surface area contributed by atoms with Gasteiger partial charge >= 0.3 is 11.8 Å². The molecule has 6 heteroatoms. The van der Waals surface area contributed by atoms with Crippen molar-refractivity contribution in [3.63, 3.8) is 0 Å². The molecule has 1 aromatic carbocycles. The van der Waals surface area contributed by atoms with Crippen molar-refractivity contribution in [2.75, 3.05) is 18.1 Å². The zero-order chi connectivity index (χ0) is 16.7. The molecule has 0 bridgehead atoms. The second kappa shape index (κ2) is 8.74. The summed E-state index contributed by atoms with van der Waals surface area (Å²) in [4.78, 5) is 25.0. The topological polar surface area (TPSA) is 58.2 Å². The molecule has 0 aliphatic heterocycles. The predicted molar refractivity (Wildman–Crippen MR) is 98.0 cm³/mol. The van der Waals surface area contributed by atoms with Crippen LogP contribution in [0.25, 0.3) is 0 Å². The van der Waals surface area contributed by atoms with Crippen LogP contribution in [0, 0.1) is 0 Å². The lowest BCUT2D eigenvalue weighted by molar-refractivity contribution is -0.136. The van der Waals surface area contributed by atoms with Crippen LogP contribution in [0.3, 0.4) is 0 Å². The summed E-state index contributed by atoms with van der Waals surface area (Å²) in [5.41, 5.74) is 1.81. The molecule has 1 heterocycles. The van der Waals surface area contributed by atoms with Crippen molar-refractivity contribution in [2.24, 2.45) is 0 Å². The lowest BCUT2D eigenvalue weighted by Crippen LogP contribution is -2.37. The predicted octanol–water partition coefficient (Wildman–Crippen LogP) is 3.47. The van der Waals surface area contributed by atoms with E-state index in [1.165, 1.54) is 10.4 Å². The van der Waals surface area contributed by atoms with Gasteiger partial charge in [0.2, 0.25) is 0 Å². The van der Waals surface area contributed by atoms with Crippen LogP contribution in [0.1, 0.15) is 23.3 Å². The van der Waals surface area contributed by atoms with Gasteiger partial charge in [-0.15, -0.1) is 11.3 Å². The average molecular weight is 348 g/mol. The van der Waals surface area contributed by atoms with Crippen molar-refractivity contribution in [1.29, 1.82) is 0 Å². The normalized spacial score (nSPS) is 11.7. The molecule has 0 aliphatic carbocycles. The minimum Gasteiger partial charge on any atom is -0.347 e. The van der Waals surface area contributed by atoms with Crippen LogP contribution in [-0.2, 0) is 15.3 Å². The van der Waals surface area contributed by atoms with Gasteiger partial charge in [-0.05, 0) is 35.4 Å². The second-order valence-electron chi connectivity index (χ2n) is 5.21. The number of thiophene rings is 1. The SMILES string of the molecule is CSCc1ccc(NC(=O)C(=O)NCC(C)c2cccs2)cc1. The third-order valence-electron chi connectivity index (χ3n) is 3.33. The first-order valence-electron chi connectivity index (χ1n) is 7.30. The smallest absolute Gasteiger partial charge is 0.313 e. The van der Waals surface area contributed by atoms with E-state index >= 15 is 0 Å². The van der Waals surface area contributed by atoms with Crippen LogP contribution >= 0.6 is 23.1 Å². The molecule has 0 fully saturated rings. The molecule has 2 N–H and O–H groups in total. The number of nitrogens with one attached hydrogen (secondary N) is 2. The third kappa shape index (κ3) is 5.41. The number of hydrogen-bond acceptors (Lipinski definition) is 4. The van der Waals surface area contributed by atoms with Crippen molar-refractivity contribution >= 4 is 40.6 Å². The minimum atomic E-state index is -0.638. The highest BCUT2D eigenvalue weighted by Gasteiger charge is 2.15. The molecule has 2 aromatic rings. The van der Waals surface area contributed by atoms with Crippen LogP contribution in [0.2, 0.25) is 0 Å². The molecule has 4 nitrogen and oxygen atoms in total. The van der Waals surface area contributed by atoms with Gasteiger partial charge in [-0.25, -0.2) is 0 Å². The number of carbonyl (C=O) groups excluding carboxylic acids is 2. The lowest BCUT2D eigenvalue weighted by Gasteiger charge is -2.11. The van der Waals surface area contributed by atoms with Gasteiger partial charge in [0.25, 0.3) is 0 Å². The highest BCUT2D eigenvalue weighted by Crippen LogP contribution is 2.19. The van der Waals surface area contributed by atoms with Gasteiger partial charge in [0, 0.05) is 28.8 Å². The van der Waals surface area contributed by atoms with E-state index in [2.05, 4.69) is 10.6 Å². The number of thioether (sulfide) groups is 1. The maximum Gasteiger partial charge on any atom is 0.313 e. The Morgan fingerprint density at radius 1 is 1.17 bits per heavy atom. The molecular formula is C17H20N2O2S2. The molecule has 1 unspecified atom stereocenters. The second-order valence-corrected chi connectivity index (χ2v) is 7.06. The zero-order valence-electron chi connectivity index (χ0n) is 13.2. The molecule has 0 saturated heterocycles. The molecule has 1 aromatic heterocycles. The fraction of sp³-hybridized carbons (Fsp3) is 0.294. The lowest BCUT2D eigenvalue weighted by atomic mass is 10.1. The first kappa shape index (κ1) is 17.6. The van der Waals surface area contributed by atoms with E-state index in [9.17, 15) is 9.59 Å². The number of carbonyl (C=O) groups is 2. The number of benzene rings is 1. The molecule has 0 radical (unpaired) electrons. The quantitative estimate of drug-likeness (QED) is 0.786. The summed E-state index contributed by atoms with van der Waals surface area (Å²) in [6.07, 6.45) is 2.04. The molecular weight excluding hydrogens is 328 g/mol. The van der Waals surface area contributed by atoms with Gasteiger partial charge in [-0.3, -0.25) is 9.59 Å². The Bertz CT molecular complexity index is 639. The van der Waals surface area contributed by atoms with Crippen molar-refractivity contribution in [3.8, 4) is 0 Å². The van der Waals surface area contributed by atoms with Gasteiger partial charge in [0.05, 0.1) is 0 Å². The van der Waals surface area contributed by atoms with Crippen LogP contribution in [0.5, 0.6) is 0 Å². The molecule has 122 valence electrons. The summed E-state index contributed by atoms with van der Waals surface area (Å²) in [6, 6.07) is 11.5. The molecule has 2 rings (SSSR count). The van der Waals surface area contributed by atoms with Gasteiger partial charge in [0.15, 0.2) is 0 Å². The molecule has 2 amide bonds.